The maximum Gasteiger partial charge on any atom is 0.282 e. The number of halogens is 1. The van der Waals surface area contributed by atoms with E-state index in [0.717, 1.165) is 0 Å². The Bertz CT molecular complexity index is 1310. The first-order chi connectivity index (χ1) is 16.9. The number of hydrogen-bond donors (Lipinski definition) is 1. The maximum atomic E-state index is 12.9. The Balaban J connectivity index is 1.58. The van der Waals surface area contributed by atoms with Gasteiger partial charge in [0.15, 0.2) is 11.5 Å². The van der Waals surface area contributed by atoms with Gasteiger partial charge in [-0.3, -0.25) is 25.1 Å². The molecule has 1 saturated heterocycles. The van der Waals surface area contributed by atoms with Crippen molar-refractivity contribution in [2.75, 3.05) is 11.6 Å². The molecule has 0 aliphatic carbocycles. The summed E-state index contributed by atoms with van der Waals surface area (Å²) >= 11 is 6.47. The van der Waals surface area contributed by atoms with Gasteiger partial charge in [-0.05, 0) is 60.5 Å². The molecule has 1 fully saturated rings. The van der Waals surface area contributed by atoms with E-state index >= 15 is 0 Å². The topological polar surface area (TPSA) is 111 Å². The number of para-hydroxylation sites is 1. The van der Waals surface area contributed by atoms with Crippen molar-refractivity contribution in [3.63, 3.8) is 0 Å². The molecule has 3 aromatic rings. The number of amides is 2. The summed E-state index contributed by atoms with van der Waals surface area (Å²) in [6.45, 7) is 2.22. The summed E-state index contributed by atoms with van der Waals surface area (Å²) in [7, 11) is 0. The second kappa shape index (κ2) is 10.3. The summed E-state index contributed by atoms with van der Waals surface area (Å²) in [4.78, 5) is 35.7. The molecule has 178 valence electrons. The van der Waals surface area contributed by atoms with Crippen molar-refractivity contribution in [1.29, 1.82) is 0 Å². The Kier molecular flexibility index (Phi) is 6.98. The molecule has 1 aliphatic rings. The molecule has 9 nitrogen and oxygen atoms in total. The summed E-state index contributed by atoms with van der Waals surface area (Å²) in [5, 5.41) is 12.2. The van der Waals surface area contributed by atoms with E-state index < -0.39 is 16.7 Å². The molecule has 1 heterocycles. The zero-order chi connectivity index (χ0) is 24.9. The van der Waals surface area contributed by atoms with Gasteiger partial charge in [-0.15, -0.1) is 0 Å². The van der Waals surface area contributed by atoms with Crippen LogP contribution < -0.4 is 19.9 Å². The Morgan fingerprint density at radius 3 is 2.43 bits per heavy atom. The third-order valence-corrected chi connectivity index (χ3v) is 5.36. The molecule has 0 radical (unpaired) electrons. The van der Waals surface area contributed by atoms with Gasteiger partial charge in [-0.1, -0.05) is 29.8 Å². The largest absolute Gasteiger partial charge is 0.490 e. The zero-order valence-corrected chi connectivity index (χ0v) is 19.3. The number of hydrogen-bond acceptors (Lipinski definition) is 6. The summed E-state index contributed by atoms with van der Waals surface area (Å²) in [6, 6.07) is 17.9. The van der Waals surface area contributed by atoms with Gasteiger partial charge >= 0.3 is 0 Å². The van der Waals surface area contributed by atoms with Crippen LogP contribution in [0.25, 0.3) is 6.08 Å². The smallest absolute Gasteiger partial charge is 0.282 e. The molecule has 1 aliphatic heterocycles. The SMILES string of the molecule is CCOc1cc(/C=C2/C(=O)NN(c3ccccc3)C2=O)cc(Cl)c1OCc1ccc([N+](=O)[O-])cc1. The monoisotopic (exact) mass is 493 g/mol. The Labute approximate surface area is 205 Å². The van der Waals surface area contributed by atoms with Gasteiger partial charge < -0.3 is 9.47 Å². The van der Waals surface area contributed by atoms with Crippen molar-refractivity contribution in [2.24, 2.45) is 0 Å². The van der Waals surface area contributed by atoms with Crippen LogP contribution >= 0.6 is 11.6 Å². The fraction of sp³-hybridized carbons (Fsp3) is 0.120. The number of carbonyl (C=O) groups excluding carboxylic acids is 2. The highest BCUT2D eigenvalue weighted by Gasteiger charge is 2.34. The average Bonchev–Trinajstić information content (AvgIpc) is 3.13. The minimum Gasteiger partial charge on any atom is -0.490 e. The number of nitro groups is 1. The van der Waals surface area contributed by atoms with E-state index in [4.69, 9.17) is 21.1 Å². The van der Waals surface area contributed by atoms with E-state index in [2.05, 4.69) is 5.43 Å². The number of nitrogens with one attached hydrogen (secondary N) is 1. The maximum absolute atomic E-state index is 12.9. The van der Waals surface area contributed by atoms with Crippen LogP contribution in [0.1, 0.15) is 18.1 Å². The molecule has 0 spiro atoms. The zero-order valence-electron chi connectivity index (χ0n) is 18.6. The predicted octanol–water partition coefficient (Wildman–Crippen LogP) is 4.69. The number of rotatable bonds is 8. The highest BCUT2D eigenvalue weighted by atomic mass is 35.5. The minimum atomic E-state index is -0.536. The molecule has 35 heavy (non-hydrogen) atoms. The van der Waals surface area contributed by atoms with E-state index in [9.17, 15) is 19.7 Å². The summed E-state index contributed by atoms with van der Waals surface area (Å²) in [6.07, 6.45) is 1.44. The molecular weight excluding hydrogens is 474 g/mol. The Hall–Kier alpha value is -4.37. The van der Waals surface area contributed by atoms with Crippen LogP contribution in [0, 0.1) is 10.1 Å². The summed E-state index contributed by atoms with van der Waals surface area (Å²) < 4.78 is 11.5. The number of nitro benzene ring substituents is 1. The van der Waals surface area contributed by atoms with Crippen LogP contribution in [-0.2, 0) is 16.2 Å². The van der Waals surface area contributed by atoms with Crippen molar-refractivity contribution < 1.29 is 24.0 Å². The fourth-order valence-corrected chi connectivity index (χ4v) is 3.70. The number of hydrazine groups is 1. The first-order valence-corrected chi connectivity index (χ1v) is 11.0. The van der Waals surface area contributed by atoms with Crippen LogP contribution in [0.5, 0.6) is 11.5 Å². The lowest BCUT2D eigenvalue weighted by atomic mass is 10.1. The minimum absolute atomic E-state index is 0.0181. The van der Waals surface area contributed by atoms with Crippen LogP contribution in [0.15, 0.2) is 72.3 Å². The first kappa shape index (κ1) is 23.8. The highest BCUT2D eigenvalue weighted by Crippen LogP contribution is 2.38. The number of carbonyl (C=O) groups is 2. The molecule has 4 rings (SSSR count). The van der Waals surface area contributed by atoms with Gasteiger partial charge in [0.1, 0.15) is 12.2 Å². The van der Waals surface area contributed by atoms with E-state index in [1.54, 1.807) is 55.5 Å². The van der Waals surface area contributed by atoms with E-state index in [0.29, 0.717) is 29.2 Å². The number of ether oxygens (including phenoxy) is 2. The number of non-ortho nitro benzene ring substituents is 1. The van der Waals surface area contributed by atoms with Crippen molar-refractivity contribution in [1.82, 2.24) is 5.43 Å². The van der Waals surface area contributed by atoms with Gasteiger partial charge in [0.2, 0.25) is 0 Å². The standard InChI is InChI=1S/C25H20ClN3O6/c1-2-34-22-14-17(12-20-24(30)27-28(25(20)31)18-6-4-3-5-7-18)13-21(26)23(22)35-15-16-8-10-19(11-9-16)29(32)33/h3-14H,2,15H2,1H3,(H,27,30)/b20-12-. The lowest BCUT2D eigenvalue weighted by Gasteiger charge is -2.15. The van der Waals surface area contributed by atoms with Gasteiger partial charge in [-0.2, -0.15) is 0 Å². The third kappa shape index (κ3) is 5.25. The molecule has 0 aromatic heterocycles. The van der Waals surface area contributed by atoms with Gasteiger partial charge in [0.25, 0.3) is 17.5 Å². The summed E-state index contributed by atoms with van der Waals surface area (Å²) in [5.41, 5.74) is 4.21. The Morgan fingerprint density at radius 1 is 1.06 bits per heavy atom. The fourth-order valence-electron chi connectivity index (χ4n) is 3.43. The van der Waals surface area contributed by atoms with Crippen molar-refractivity contribution in [2.45, 2.75) is 13.5 Å². The van der Waals surface area contributed by atoms with E-state index in [1.807, 2.05) is 6.07 Å². The van der Waals surface area contributed by atoms with Crippen molar-refractivity contribution >= 4 is 40.9 Å². The van der Waals surface area contributed by atoms with E-state index in [-0.39, 0.29) is 28.6 Å². The van der Waals surface area contributed by atoms with Gasteiger partial charge in [-0.25, -0.2) is 5.01 Å². The average molecular weight is 494 g/mol. The molecule has 0 bridgehead atoms. The van der Waals surface area contributed by atoms with Crippen LogP contribution in [0.4, 0.5) is 11.4 Å². The second-order valence-electron chi connectivity index (χ2n) is 7.45. The molecule has 0 saturated carbocycles. The van der Waals surface area contributed by atoms with Crippen LogP contribution in [0.2, 0.25) is 5.02 Å². The Morgan fingerprint density at radius 2 is 1.77 bits per heavy atom. The lowest BCUT2D eigenvalue weighted by Crippen LogP contribution is -2.35. The normalized spacial score (nSPS) is 14.2. The van der Waals surface area contributed by atoms with Crippen molar-refractivity contribution in [3.05, 3.63) is 98.6 Å². The molecule has 3 aromatic carbocycles. The second-order valence-corrected chi connectivity index (χ2v) is 7.86. The highest BCUT2D eigenvalue weighted by molar-refractivity contribution is 6.33. The lowest BCUT2D eigenvalue weighted by molar-refractivity contribution is -0.384. The van der Waals surface area contributed by atoms with E-state index in [1.165, 1.54) is 23.2 Å². The predicted molar refractivity (Wildman–Crippen MR) is 130 cm³/mol. The quantitative estimate of drug-likeness (QED) is 0.211. The molecular formula is C25H20ClN3O6. The van der Waals surface area contributed by atoms with Gasteiger partial charge in [0.05, 0.1) is 22.2 Å². The summed E-state index contributed by atoms with van der Waals surface area (Å²) in [5.74, 6) is -0.415. The number of nitrogens with zero attached hydrogens (tertiary/aromatic N) is 2. The first-order valence-electron chi connectivity index (χ1n) is 10.6. The number of anilines is 1. The molecule has 0 unspecified atom stereocenters. The van der Waals surface area contributed by atoms with Gasteiger partial charge in [0, 0.05) is 12.1 Å². The van der Waals surface area contributed by atoms with Crippen LogP contribution in [-0.4, -0.2) is 23.3 Å². The molecule has 2 amide bonds. The third-order valence-electron chi connectivity index (χ3n) is 5.08. The van der Waals surface area contributed by atoms with Crippen LogP contribution in [0.3, 0.4) is 0 Å². The molecule has 1 N–H and O–H groups in total. The molecule has 10 heteroatoms. The van der Waals surface area contributed by atoms with Crippen molar-refractivity contribution in [3.8, 4) is 11.5 Å². The molecule has 0 atom stereocenters. The number of benzene rings is 3.